The van der Waals surface area contributed by atoms with Crippen molar-refractivity contribution in [2.45, 2.75) is 38.5 Å². The standard InChI is InChI=1S/C21H27NO6P2/c1-13(2)14(3)21-18(12-20(29(23,24)25)30(26,27)28)17-11-16(9-10-19(17)22-21)15-7-5-4-6-8-15/h4-11,13-14,20,22H,12H2,1-3H3,(H2,23,24,25)(H2,26,27,28)/t14-/m0/s1. The van der Waals surface area contributed by atoms with Gasteiger partial charge in [0.05, 0.1) is 0 Å². The number of hydrogen-bond acceptors (Lipinski definition) is 2. The van der Waals surface area contributed by atoms with Crippen molar-refractivity contribution < 1.29 is 28.7 Å². The van der Waals surface area contributed by atoms with E-state index in [9.17, 15) is 28.7 Å². The van der Waals surface area contributed by atoms with Gasteiger partial charge in [0.2, 0.25) is 0 Å². The molecule has 3 rings (SSSR count). The fraction of sp³-hybridized carbons (Fsp3) is 0.333. The normalized spacial score (nSPS) is 14.0. The lowest BCUT2D eigenvalue weighted by Crippen LogP contribution is -2.15. The highest BCUT2D eigenvalue weighted by atomic mass is 31.2. The molecule has 162 valence electrons. The molecular weight excluding hydrogens is 424 g/mol. The van der Waals surface area contributed by atoms with Crippen molar-refractivity contribution in [2.75, 3.05) is 0 Å². The molecule has 2 aromatic carbocycles. The van der Waals surface area contributed by atoms with Crippen molar-refractivity contribution in [3.8, 4) is 11.1 Å². The summed E-state index contributed by atoms with van der Waals surface area (Å²) >= 11 is 0. The molecule has 0 radical (unpaired) electrons. The molecule has 7 nitrogen and oxygen atoms in total. The largest absolute Gasteiger partial charge is 0.358 e. The van der Waals surface area contributed by atoms with E-state index in [1.807, 2.05) is 69.3 Å². The van der Waals surface area contributed by atoms with Gasteiger partial charge in [-0.15, -0.1) is 0 Å². The van der Waals surface area contributed by atoms with Crippen LogP contribution in [-0.4, -0.2) is 30.0 Å². The summed E-state index contributed by atoms with van der Waals surface area (Å²) in [6.07, 6.45) is -0.417. The number of benzene rings is 2. The fourth-order valence-electron chi connectivity index (χ4n) is 3.64. The Kier molecular flexibility index (Phi) is 6.45. The van der Waals surface area contributed by atoms with Crippen LogP contribution in [0, 0.1) is 5.92 Å². The SMILES string of the molecule is CC(C)[C@H](C)c1[nH]c2ccc(-c3ccccc3)cc2c1CC(P(=O)(O)O)P(=O)(O)O. The highest BCUT2D eigenvalue weighted by Crippen LogP contribution is 2.61. The fourth-order valence-corrected chi connectivity index (χ4v) is 6.05. The molecule has 0 bridgehead atoms. The van der Waals surface area contributed by atoms with Crippen LogP contribution in [0.15, 0.2) is 48.5 Å². The summed E-state index contributed by atoms with van der Waals surface area (Å²) in [4.78, 5) is 42.0. The van der Waals surface area contributed by atoms with Crippen LogP contribution in [0.2, 0.25) is 0 Å². The minimum absolute atomic E-state index is 0.00164. The lowest BCUT2D eigenvalue weighted by molar-refractivity contribution is 0.338. The molecule has 5 N–H and O–H groups in total. The van der Waals surface area contributed by atoms with Crippen LogP contribution in [0.5, 0.6) is 0 Å². The van der Waals surface area contributed by atoms with Crippen molar-refractivity contribution in [2.24, 2.45) is 5.92 Å². The van der Waals surface area contributed by atoms with Gasteiger partial charge in [-0.05, 0) is 40.7 Å². The number of aromatic amines is 1. The van der Waals surface area contributed by atoms with Crippen molar-refractivity contribution in [3.63, 3.8) is 0 Å². The van der Waals surface area contributed by atoms with Gasteiger partial charge in [0.25, 0.3) is 0 Å². The van der Waals surface area contributed by atoms with E-state index in [0.29, 0.717) is 10.9 Å². The molecule has 1 aromatic heterocycles. The summed E-state index contributed by atoms with van der Waals surface area (Å²) in [5, 5.41) is -1.37. The van der Waals surface area contributed by atoms with Crippen LogP contribution in [0.3, 0.4) is 0 Å². The highest BCUT2D eigenvalue weighted by molar-refractivity contribution is 7.70. The summed E-state index contributed by atoms with van der Waals surface area (Å²) in [5.74, 6) is 0.218. The molecule has 1 atom stereocenters. The van der Waals surface area contributed by atoms with Crippen molar-refractivity contribution >= 4 is 26.1 Å². The first-order chi connectivity index (χ1) is 13.9. The molecule has 0 saturated carbocycles. The Morgan fingerprint density at radius 1 is 0.867 bits per heavy atom. The van der Waals surface area contributed by atoms with Gasteiger partial charge in [0, 0.05) is 23.0 Å². The van der Waals surface area contributed by atoms with Gasteiger partial charge in [0.1, 0.15) is 0 Å². The topological polar surface area (TPSA) is 131 Å². The lowest BCUT2D eigenvalue weighted by atomic mass is 9.90. The van der Waals surface area contributed by atoms with Crippen LogP contribution in [0.4, 0.5) is 0 Å². The van der Waals surface area contributed by atoms with E-state index in [2.05, 4.69) is 4.98 Å². The van der Waals surface area contributed by atoms with Gasteiger partial charge in [-0.1, -0.05) is 57.2 Å². The van der Waals surface area contributed by atoms with Crippen LogP contribution in [0.1, 0.15) is 37.9 Å². The molecule has 9 heteroatoms. The molecule has 0 amide bonds. The summed E-state index contributed by atoms with van der Waals surface area (Å²) in [6, 6.07) is 15.4. The zero-order chi connectivity index (χ0) is 22.3. The first-order valence-electron chi connectivity index (χ1n) is 9.70. The van der Waals surface area contributed by atoms with E-state index >= 15 is 0 Å². The number of aromatic nitrogens is 1. The van der Waals surface area contributed by atoms with Gasteiger partial charge in [-0.2, -0.15) is 0 Å². The van der Waals surface area contributed by atoms with Crippen LogP contribution in [-0.2, 0) is 15.6 Å². The average Bonchev–Trinajstić information content (AvgIpc) is 3.01. The van der Waals surface area contributed by atoms with E-state index in [1.54, 1.807) is 0 Å². The Morgan fingerprint density at radius 2 is 1.47 bits per heavy atom. The molecule has 0 saturated heterocycles. The minimum Gasteiger partial charge on any atom is -0.358 e. The predicted octanol–water partition coefficient (Wildman–Crippen LogP) is 4.82. The Balaban J connectivity index is 2.23. The second kappa shape index (κ2) is 8.43. The van der Waals surface area contributed by atoms with Gasteiger partial charge >= 0.3 is 15.2 Å². The second-order valence-electron chi connectivity index (χ2n) is 8.04. The molecule has 0 aliphatic carbocycles. The first-order valence-corrected chi connectivity index (χ1v) is 13.1. The Labute approximate surface area is 175 Å². The molecular formula is C21H27NO6P2. The minimum atomic E-state index is -5.04. The molecule has 0 aliphatic heterocycles. The maximum Gasteiger partial charge on any atom is 0.341 e. The number of hydrogen-bond donors (Lipinski definition) is 5. The lowest BCUT2D eigenvalue weighted by Gasteiger charge is -2.22. The third-order valence-corrected chi connectivity index (χ3v) is 9.39. The predicted molar refractivity (Wildman–Crippen MR) is 119 cm³/mol. The van der Waals surface area contributed by atoms with Crippen molar-refractivity contribution in [1.29, 1.82) is 0 Å². The number of rotatable bonds is 7. The molecule has 0 aliphatic rings. The smallest absolute Gasteiger partial charge is 0.341 e. The summed E-state index contributed by atoms with van der Waals surface area (Å²) in [5.41, 5.74) is 3.95. The van der Waals surface area contributed by atoms with E-state index in [1.165, 1.54) is 0 Å². The molecule has 30 heavy (non-hydrogen) atoms. The zero-order valence-electron chi connectivity index (χ0n) is 17.1. The number of H-pyrrole nitrogens is 1. The zero-order valence-corrected chi connectivity index (χ0v) is 18.8. The molecule has 0 spiro atoms. The van der Waals surface area contributed by atoms with E-state index < -0.39 is 27.0 Å². The maximum absolute atomic E-state index is 11.9. The van der Waals surface area contributed by atoms with Crippen LogP contribution in [0.25, 0.3) is 22.0 Å². The third-order valence-electron chi connectivity index (χ3n) is 5.66. The molecule has 3 aromatic rings. The summed E-state index contributed by atoms with van der Waals surface area (Å²) in [7, 11) is -10.1. The highest BCUT2D eigenvalue weighted by Gasteiger charge is 2.44. The summed E-state index contributed by atoms with van der Waals surface area (Å²) in [6.45, 7) is 6.04. The number of fused-ring (bicyclic) bond motifs is 1. The summed E-state index contributed by atoms with van der Waals surface area (Å²) < 4.78 is 23.9. The van der Waals surface area contributed by atoms with E-state index in [-0.39, 0.29) is 11.8 Å². The van der Waals surface area contributed by atoms with Gasteiger partial charge < -0.3 is 24.6 Å². The first kappa shape index (κ1) is 23.0. The quantitative estimate of drug-likeness (QED) is 0.328. The second-order valence-corrected chi connectivity index (χ2v) is 12.0. The molecule has 0 unspecified atom stereocenters. The van der Waals surface area contributed by atoms with E-state index in [0.717, 1.165) is 22.3 Å². The van der Waals surface area contributed by atoms with Crippen LogP contribution >= 0.6 is 15.2 Å². The Hall–Kier alpha value is -1.72. The van der Waals surface area contributed by atoms with E-state index in [4.69, 9.17) is 0 Å². The van der Waals surface area contributed by atoms with Gasteiger partial charge in [-0.25, -0.2) is 0 Å². The van der Waals surface area contributed by atoms with Crippen molar-refractivity contribution in [3.05, 3.63) is 59.8 Å². The average molecular weight is 451 g/mol. The maximum atomic E-state index is 11.9. The van der Waals surface area contributed by atoms with Crippen LogP contribution < -0.4 is 0 Å². The van der Waals surface area contributed by atoms with Crippen molar-refractivity contribution in [1.82, 2.24) is 4.98 Å². The molecule has 0 fully saturated rings. The Morgan fingerprint density at radius 3 is 2.00 bits per heavy atom. The Bertz CT molecular complexity index is 1110. The van der Waals surface area contributed by atoms with Gasteiger partial charge in [0.15, 0.2) is 5.40 Å². The monoisotopic (exact) mass is 451 g/mol. The molecule has 1 heterocycles. The van der Waals surface area contributed by atoms with Gasteiger partial charge in [-0.3, -0.25) is 9.13 Å². The third kappa shape index (κ3) is 4.78. The number of nitrogens with one attached hydrogen (secondary N) is 1.